The zero-order chi connectivity index (χ0) is 16.3. The number of hydrogen-bond acceptors (Lipinski definition) is 3. The molecule has 0 radical (unpaired) electrons. The van der Waals surface area contributed by atoms with E-state index in [9.17, 15) is 9.90 Å². The van der Waals surface area contributed by atoms with Gasteiger partial charge in [-0.05, 0) is 68.6 Å². The first kappa shape index (κ1) is 17.8. The normalized spacial score (nSPS) is 33.7. The number of aliphatic hydroxyl groups excluding tert-OH is 1. The van der Waals surface area contributed by atoms with E-state index in [1.54, 1.807) is 0 Å². The smallest absolute Gasteiger partial charge is 0.308 e. The van der Waals surface area contributed by atoms with Gasteiger partial charge in [0, 0.05) is 0 Å². The highest BCUT2D eigenvalue weighted by atomic mass is 16.5. The van der Waals surface area contributed by atoms with E-state index < -0.39 is 0 Å². The quantitative estimate of drug-likeness (QED) is 0.787. The van der Waals surface area contributed by atoms with Crippen molar-refractivity contribution in [3.8, 4) is 0 Å². The molecule has 0 aliphatic heterocycles. The Morgan fingerprint density at radius 3 is 1.86 bits per heavy atom. The average Bonchev–Trinajstić information content (AvgIpc) is 2.48. The molecule has 0 saturated heterocycles. The van der Waals surface area contributed by atoms with Crippen molar-refractivity contribution in [2.24, 2.45) is 23.2 Å². The molecule has 0 bridgehead atoms. The first-order valence-corrected chi connectivity index (χ1v) is 9.19. The molecule has 2 aliphatic rings. The van der Waals surface area contributed by atoms with E-state index in [1.165, 1.54) is 12.8 Å². The Kier molecular flexibility index (Phi) is 5.93. The van der Waals surface area contributed by atoms with Crippen LogP contribution < -0.4 is 0 Å². The predicted molar refractivity (Wildman–Crippen MR) is 88.4 cm³/mol. The standard InChI is InChI=1S/C19H34O3/c1-13(2)18(21)22-17-11-7-15(8-12-17)19(3,4)14-5-9-16(20)10-6-14/h13-17,20H,5-12H2,1-4H3. The maximum Gasteiger partial charge on any atom is 0.308 e. The molecule has 1 N–H and O–H groups in total. The summed E-state index contributed by atoms with van der Waals surface area (Å²) in [5, 5.41) is 9.72. The summed E-state index contributed by atoms with van der Waals surface area (Å²) in [5.74, 6) is 1.38. The van der Waals surface area contributed by atoms with Crippen LogP contribution in [0.4, 0.5) is 0 Å². The molecule has 0 amide bonds. The van der Waals surface area contributed by atoms with Crippen LogP contribution >= 0.6 is 0 Å². The average molecular weight is 310 g/mol. The van der Waals surface area contributed by atoms with Gasteiger partial charge in [-0.2, -0.15) is 0 Å². The molecule has 0 aromatic carbocycles. The van der Waals surface area contributed by atoms with E-state index in [1.807, 2.05) is 13.8 Å². The molecule has 2 saturated carbocycles. The molecule has 0 aromatic heterocycles. The Balaban J connectivity index is 1.83. The van der Waals surface area contributed by atoms with Crippen molar-refractivity contribution in [2.75, 3.05) is 0 Å². The molecule has 2 aliphatic carbocycles. The van der Waals surface area contributed by atoms with Gasteiger partial charge in [0.25, 0.3) is 0 Å². The number of ether oxygens (including phenoxy) is 1. The molecule has 2 rings (SSSR count). The van der Waals surface area contributed by atoms with Crippen LogP contribution in [0.15, 0.2) is 0 Å². The van der Waals surface area contributed by atoms with Crippen LogP contribution in [0.2, 0.25) is 0 Å². The van der Waals surface area contributed by atoms with Crippen molar-refractivity contribution in [2.45, 2.75) is 91.3 Å². The highest BCUT2D eigenvalue weighted by Gasteiger charge is 2.40. The first-order valence-electron chi connectivity index (χ1n) is 9.19. The lowest BCUT2D eigenvalue weighted by atomic mass is 9.60. The second-order valence-corrected chi connectivity index (χ2v) is 8.39. The van der Waals surface area contributed by atoms with Crippen LogP contribution in [0.3, 0.4) is 0 Å². The second kappa shape index (κ2) is 7.33. The highest BCUT2D eigenvalue weighted by Crippen LogP contribution is 2.48. The van der Waals surface area contributed by atoms with E-state index in [0.717, 1.165) is 50.4 Å². The van der Waals surface area contributed by atoms with Crippen molar-refractivity contribution in [1.29, 1.82) is 0 Å². The van der Waals surface area contributed by atoms with Crippen LogP contribution in [-0.2, 0) is 9.53 Å². The van der Waals surface area contributed by atoms with Crippen LogP contribution in [0.1, 0.15) is 79.1 Å². The number of aliphatic hydroxyl groups is 1. The number of esters is 1. The fourth-order valence-electron chi connectivity index (χ4n) is 4.38. The van der Waals surface area contributed by atoms with Gasteiger partial charge in [0.05, 0.1) is 12.0 Å². The topological polar surface area (TPSA) is 46.5 Å². The Morgan fingerprint density at radius 2 is 1.41 bits per heavy atom. The molecular weight excluding hydrogens is 276 g/mol. The van der Waals surface area contributed by atoms with Crippen molar-refractivity contribution in [1.82, 2.24) is 0 Å². The summed E-state index contributed by atoms with van der Waals surface area (Å²) in [6.07, 6.45) is 8.69. The fraction of sp³-hybridized carbons (Fsp3) is 0.947. The lowest BCUT2D eigenvalue weighted by Crippen LogP contribution is -2.39. The fourth-order valence-corrected chi connectivity index (χ4v) is 4.38. The number of rotatable bonds is 4. The molecule has 0 aromatic rings. The minimum atomic E-state index is -0.0711. The van der Waals surface area contributed by atoms with E-state index in [0.29, 0.717) is 5.41 Å². The Bertz CT molecular complexity index is 359. The SMILES string of the molecule is CC(C)C(=O)OC1CCC(C(C)(C)C2CCC(O)CC2)CC1. The lowest BCUT2D eigenvalue weighted by Gasteiger charge is -2.46. The summed E-state index contributed by atoms with van der Waals surface area (Å²) in [7, 11) is 0. The van der Waals surface area contributed by atoms with Crippen molar-refractivity contribution < 1.29 is 14.6 Å². The molecular formula is C19H34O3. The highest BCUT2D eigenvalue weighted by molar-refractivity contribution is 5.71. The summed E-state index contributed by atoms with van der Waals surface area (Å²) in [4.78, 5) is 11.7. The van der Waals surface area contributed by atoms with E-state index in [4.69, 9.17) is 4.74 Å². The van der Waals surface area contributed by atoms with E-state index >= 15 is 0 Å². The molecule has 0 spiro atoms. The summed E-state index contributed by atoms with van der Waals surface area (Å²) in [6.45, 7) is 8.63. The molecule has 0 heterocycles. The number of carbonyl (C=O) groups excluding carboxylic acids is 1. The van der Waals surface area contributed by atoms with Gasteiger partial charge in [-0.25, -0.2) is 0 Å². The summed E-state index contributed by atoms with van der Waals surface area (Å²) >= 11 is 0. The van der Waals surface area contributed by atoms with Crippen LogP contribution in [0.5, 0.6) is 0 Å². The minimum absolute atomic E-state index is 0.0252. The molecule has 0 atom stereocenters. The Morgan fingerprint density at radius 1 is 0.955 bits per heavy atom. The van der Waals surface area contributed by atoms with Crippen molar-refractivity contribution in [3.63, 3.8) is 0 Å². The summed E-state index contributed by atoms with van der Waals surface area (Å²) in [5.41, 5.74) is 0.340. The van der Waals surface area contributed by atoms with Gasteiger partial charge in [0.2, 0.25) is 0 Å². The third-order valence-electron chi connectivity index (χ3n) is 6.23. The number of hydrogen-bond donors (Lipinski definition) is 1. The summed E-state index contributed by atoms with van der Waals surface area (Å²) < 4.78 is 5.60. The van der Waals surface area contributed by atoms with Gasteiger partial charge in [-0.15, -0.1) is 0 Å². The third-order valence-corrected chi connectivity index (χ3v) is 6.23. The zero-order valence-corrected chi connectivity index (χ0v) is 14.8. The van der Waals surface area contributed by atoms with Crippen molar-refractivity contribution >= 4 is 5.97 Å². The van der Waals surface area contributed by atoms with Crippen LogP contribution in [0, 0.1) is 23.2 Å². The van der Waals surface area contributed by atoms with E-state index in [2.05, 4.69) is 13.8 Å². The van der Waals surface area contributed by atoms with Crippen LogP contribution in [0.25, 0.3) is 0 Å². The van der Waals surface area contributed by atoms with Gasteiger partial charge >= 0.3 is 5.97 Å². The molecule has 2 fully saturated rings. The Labute approximate surface area is 135 Å². The molecule has 128 valence electrons. The van der Waals surface area contributed by atoms with Gasteiger partial charge in [-0.3, -0.25) is 4.79 Å². The number of carbonyl (C=O) groups is 1. The van der Waals surface area contributed by atoms with Gasteiger partial charge in [0.1, 0.15) is 6.10 Å². The lowest BCUT2D eigenvalue weighted by molar-refractivity contribution is -0.155. The molecule has 3 heteroatoms. The largest absolute Gasteiger partial charge is 0.462 e. The second-order valence-electron chi connectivity index (χ2n) is 8.39. The van der Waals surface area contributed by atoms with Crippen molar-refractivity contribution in [3.05, 3.63) is 0 Å². The Hall–Kier alpha value is -0.570. The first-order chi connectivity index (χ1) is 10.3. The zero-order valence-electron chi connectivity index (χ0n) is 14.8. The molecule has 22 heavy (non-hydrogen) atoms. The summed E-state index contributed by atoms with van der Waals surface area (Å²) in [6, 6.07) is 0. The molecule has 0 unspecified atom stereocenters. The maximum atomic E-state index is 11.7. The van der Waals surface area contributed by atoms with Crippen LogP contribution in [-0.4, -0.2) is 23.3 Å². The minimum Gasteiger partial charge on any atom is -0.462 e. The monoisotopic (exact) mass is 310 g/mol. The third kappa shape index (κ3) is 4.24. The van der Waals surface area contributed by atoms with Gasteiger partial charge in [-0.1, -0.05) is 27.7 Å². The predicted octanol–water partition coefficient (Wildman–Crippen LogP) is 4.32. The van der Waals surface area contributed by atoms with Gasteiger partial charge in [0.15, 0.2) is 0 Å². The maximum absolute atomic E-state index is 11.7. The molecule has 3 nitrogen and oxygen atoms in total. The van der Waals surface area contributed by atoms with E-state index in [-0.39, 0.29) is 24.1 Å². The van der Waals surface area contributed by atoms with Gasteiger partial charge < -0.3 is 9.84 Å².